The van der Waals surface area contributed by atoms with Crippen molar-refractivity contribution in [1.82, 2.24) is 5.32 Å². The van der Waals surface area contributed by atoms with Crippen molar-refractivity contribution in [2.24, 2.45) is 4.99 Å². The van der Waals surface area contributed by atoms with Gasteiger partial charge in [0.1, 0.15) is 11.8 Å². The van der Waals surface area contributed by atoms with Crippen LogP contribution in [0.25, 0.3) is 0 Å². The highest BCUT2D eigenvalue weighted by atomic mass is 16.1. The third-order valence-corrected chi connectivity index (χ3v) is 1.16. The molecule has 1 heterocycles. The highest BCUT2D eigenvalue weighted by Gasteiger charge is 2.23. The summed E-state index contributed by atoms with van der Waals surface area (Å²) in [4.78, 5) is 14.1. The number of aldehydes is 1. The van der Waals surface area contributed by atoms with Crippen LogP contribution in [0, 0.1) is 0 Å². The highest BCUT2D eigenvalue weighted by Crippen LogP contribution is 2.06. The number of aliphatic imine (C=N–C) groups is 1. The molecule has 1 atom stereocenters. The molecule has 0 bridgehead atoms. The molecule has 1 N–H and O–H groups in total. The minimum atomic E-state index is -0.486. The summed E-state index contributed by atoms with van der Waals surface area (Å²) in [6.07, 6.45) is 2.41. The average Bonchev–Trinajstić information content (AvgIpc) is 2.17. The fraction of sp³-hybridized carbons (Fsp3) is 0.600. The molecule has 1 aliphatic heterocycles. The molecule has 0 aromatic carbocycles. The predicted octanol–water partition coefficient (Wildman–Crippen LogP) is -0.425. The first-order valence-corrected chi connectivity index (χ1v) is 2.50. The SMILES string of the molecule is CC1(C=O)CNC=N1. The fourth-order valence-electron chi connectivity index (χ4n) is 0.563. The molecule has 0 fully saturated rings. The molecule has 0 spiro atoms. The quantitative estimate of drug-likeness (QED) is 0.468. The van der Waals surface area contributed by atoms with Crippen molar-refractivity contribution in [2.45, 2.75) is 12.5 Å². The van der Waals surface area contributed by atoms with E-state index in [1.807, 2.05) is 0 Å². The largest absolute Gasteiger partial charge is 0.374 e. The summed E-state index contributed by atoms with van der Waals surface area (Å²) in [5.74, 6) is 0. The zero-order valence-electron chi connectivity index (χ0n) is 4.72. The van der Waals surface area contributed by atoms with Crippen molar-refractivity contribution in [2.75, 3.05) is 6.54 Å². The van der Waals surface area contributed by atoms with Crippen molar-refractivity contribution >= 4 is 12.6 Å². The smallest absolute Gasteiger partial charge is 0.149 e. The zero-order valence-corrected chi connectivity index (χ0v) is 4.72. The van der Waals surface area contributed by atoms with E-state index in [1.54, 1.807) is 13.3 Å². The lowest BCUT2D eigenvalue weighted by Gasteiger charge is -2.07. The molecule has 0 aliphatic carbocycles. The van der Waals surface area contributed by atoms with Gasteiger partial charge >= 0.3 is 0 Å². The number of carbonyl (C=O) groups is 1. The Labute approximate surface area is 47.8 Å². The van der Waals surface area contributed by atoms with Gasteiger partial charge in [0.2, 0.25) is 0 Å². The number of nitrogens with one attached hydrogen (secondary N) is 1. The molecule has 8 heavy (non-hydrogen) atoms. The Balaban J connectivity index is 2.67. The lowest BCUT2D eigenvalue weighted by atomic mass is 10.1. The van der Waals surface area contributed by atoms with Crippen LogP contribution in [0.15, 0.2) is 4.99 Å². The van der Waals surface area contributed by atoms with Crippen LogP contribution in [0.1, 0.15) is 6.92 Å². The molecule has 1 aliphatic rings. The van der Waals surface area contributed by atoms with Gasteiger partial charge in [0.15, 0.2) is 0 Å². The van der Waals surface area contributed by atoms with E-state index in [4.69, 9.17) is 0 Å². The summed E-state index contributed by atoms with van der Waals surface area (Å²) in [6.45, 7) is 2.42. The number of nitrogens with zero attached hydrogens (tertiary/aromatic N) is 1. The Morgan fingerprint density at radius 3 is 3.00 bits per heavy atom. The average molecular weight is 112 g/mol. The lowest BCUT2D eigenvalue weighted by Crippen LogP contribution is -2.29. The third-order valence-electron chi connectivity index (χ3n) is 1.16. The third kappa shape index (κ3) is 0.710. The fourth-order valence-corrected chi connectivity index (χ4v) is 0.563. The number of hydrogen-bond acceptors (Lipinski definition) is 3. The molecular weight excluding hydrogens is 104 g/mol. The van der Waals surface area contributed by atoms with Gasteiger partial charge in [0, 0.05) is 6.54 Å². The highest BCUT2D eigenvalue weighted by molar-refractivity contribution is 5.72. The molecule has 44 valence electrons. The summed E-state index contributed by atoms with van der Waals surface area (Å²) in [6, 6.07) is 0. The number of rotatable bonds is 1. The van der Waals surface area contributed by atoms with Gasteiger partial charge in [0.25, 0.3) is 0 Å². The second-order valence-electron chi connectivity index (χ2n) is 2.11. The van der Waals surface area contributed by atoms with Crippen molar-refractivity contribution in [3.8, 4) is 0 Å². The maximum Gasteiger partial charge on any atom is 0.149 e. The van der Waals surface area contributed by atoms with E-state index in [2.05, 4.69) is 10.3 Å². The van der Waals surface area contributed by atoms with Gasteiger partial charge in [-0.3, -0.25) is 4.99 Å². The second-order valence-corrected chi connectivity index (χ2v) is 2.11. The Morgan fingerprint density at radius 2 is 2.75 bits per heavy atom. The van der Waals surface area contributed by atoms with Crippen molar-refractivity contribution < 1.29 is 4.79 Å². The molecule has 3 nitrogen and oxygen atoms in total. The van der Waals surface area contributed by atoms with Gasteiger partial charge in [-0.15, -0.1) is 0 Å². The molecule has 0 amide bonds. The summed E-state index contributed by atoms with van der Waals surface area (Å²) >= 11 is 0. The van der Waals surface area contributed by atoms with Gasteiger partial charge in [-0.2, -0.15) is 0 Å². The van der Waals surface area contributed by atoms with E-state index in [1.165, 1.54) is 0 Å². The van der Waals surface area contributed by atoms with E-state index >= 15 is 0 Å². The molecule has 0 saturated carbocycles. The van der Waals surface area contributed by atoms with E-state index in [0.29, 0.717) is 6.54 Å². The maximum atomic E-state index is 10.2. The van der Waals surface area contributed by atoms with Crippen molar-refractivity contribution in [3.63, 3.8) is 0 Å². The van der Waals surface area contributed by atoms with Gasteiger partial charge in [-0.05, 0) is 6.92 Å². The summed E-state index contributed by atoms with van der Waals surface area (Å²) in [5.41, 5.74) is -0.486. The standard InChI is InChI=1S/C5H8N2O/c1-5(3-8)2-6-4-7-5/h3-4H,2H2,1H3,(H,6,7). The van der Waals surface area contributed by atoms with E-state index < -0.39 is 5.54 Å². The van der Waals surface area contributed by atoms with Gasteiger partial charge in [0.05, 0.1) is 6.34 Å². The number of carbonyl (C=O) groups excluding carboxylic acids is 1. The van der Waals surface area contributed by atoms with Gasteiger partial charge in [-0.1, -0.05) is 0 Å². The van der Waals surface area contributed by atoms with Crippen LogP contribution in [0.4, 0.5) is 0 Å². The topological polar surface area (TPSA) is 41.5 Å². The lowest BCUT2D eigenvalue weighted by molar-refractivity contribution is -0.111. The van der Waals surface area contributed by atoms with E-state index in [0.717, 1.165) is 6.29 Å². The molecule has 1 unspecified atom stereocenters. The van der Waals surface area contributed by atoms with E-state index in [9.17, 15) is 4.79 Å². The normalized spacial score (nSPS) is 34.6. The molecule has 0 radical (unpaired) electrons. The minimum absolute atomic E-state index is 0.486. The summed E-state index contributed by atoms with van der Waals surface area (Å²) < 4.78 is 0. The molecule has 1 rings (SSSR count). The van der Waals surface area contributed by atoms with Crippen LogP contribution in [-0.4, -0.2) is 24.7 Å². The van der Waals surface area contributed by atoms with Crippen LogP contribution < -0.4 is 5.32 Å². The summed E-state index contributed by atoms with van der Waals surface area (Å²) in [5, 5.41) is 2.84. The Morgan fingerprint density at radius 1 is 2.00 bits per heavy atom. The first-order chi connectivity index (χ1) is 3.77. The molecular formula is C5H8N2O. The second kappa shape index (κ2) is 1.58. The molecule has 0 saturated heterocycles. The van der Waals surface area contributed by atoms with Crippen molar-refractivity contribution in [1.29, 1.82) is 0 Å². The Bertz CT molecular complexity index is 132. The Hall–Kier alpha value is -0.860. The first-order valence-electron chi connectivity index (χ1n) is 2.50. The van der Waals surface area contributed by atoms with Gasteiger partial charge < -0.3 is 10.1 Å². The van der Waals surface area contributed by atoms with Crippen molar-refractivity contribution in [3.05, 3.63) is 0 Å². The number of hydrogen-bond donors (Lipinski definition) is 1. The maximum absolute atomic E-state index is 10.2. The van der Waals surface area contributed by atoms with Crippen LogP contribution >= 0.6 is 0 Å². The van der Waals surface area contributed by atoms with Crippen LogP contribution in [0.3, 0.4) is 0 Å². The molecule has 0 aromatic rings. The Kier molecular flexibility index (Phi) is 1.04. The molecule has 3 heteroatoms. The minimum Gasteiger partial charge on any atom is -0.374 e. The zero-order chi connectivity index (χ0) is 6.04. The van der Waals surface area contributed by atoms with Crippen LogP contribution in [-0.2, 0) is 4.79 Å². The summed E-state index contributed by atoms with van der Waals surface area (Å²) in [7, 11) is 0. The van der Waals surface area contributed by atoms with Crippen LogP contribution in [0.2, 0.25) is 0 Å². The molecule has 0 aromatic heterocycles. The van der Waals surface area contributed by atoms with Gasteiger partial charge in [-0.25, -0.2) is 0 Å². The van der Waals surface area contributed by atoms with E-state index in [-0.39, 0.29) is 0 Å². The predicted molar refractivity (Wildman–Crippen MR) is 31.0 cm³/mol. The van der Waals surface area contributed by atoms with Crippen LogP contribution in [0.5, 0.6) is 0 Å². The first kappa shape index (κ1) is 5.28. The monoisotopic (exact) mass is 112 g/mol.